The summed E-state index contributed by atoms with van der Waals surface area (Å²) in [4.78, 5) is 23.6. The molecule has 0 bridgehead atoms. The highest BCUT2D eigenvalue weighted by Gasteiger charge is 2.13. The highest BCUT2D eigenvalue weighted by Crippen LogP contribution is 2.29. The number of ether oxygens (including phenoxy) is 3. The molecule has 0 amide bonds. The van der Waals surface area contributed by atoms with Crippen molar-refractivity contribution in [1.29, 1.82) is 5.26 Å². The van der Waals surface area contributed by atoms with Gasteiger partial charge in [-0.1, -0.05) is 36.4 Å². The third-order valence-electron chi connectivity index (χ3n) is 3.71. The number of methoxy groups -OCH3 is 2. The molecular formula is C21H19NO5. The number of aryl methyl sites for hydroxylation is 1. The highest BCUT2D eigenvalue weighted by atomic mass is 16.6. The van der Waals surface area contributed by atoms with E-state index in [0.29, 0.717) is 17.7 Å². The average Bonchev–Trinajstić information content (AvgIpc) is 2.71. The van der Waals surface area contributed by atoms with E-state index in [2.05, 4.69) is 4.74 Å². The van der Waals surface area contributed by atoms with Crippen LogP contribution in [0.2, 0.25) is 0 Å². The van der Waals surface area contributed by atoms with Crippen LogP contribution in [0.5, 0.6) is 11.5 Å². The maximum absolute atomic E-state index is 12.1. The van der Waals surface area contributed by atoms with Crippen molar-refractivity contribution in [3.8, 4) is 17.6 Å². The second-order valence-electron chi connectivity index (χ2n) is 5.53. The van der Waals surface area contributed by atoms with E-state index in [0.717, 1.165) is 5.56 Å². The van der Waals surface area contributed by atoms with Crippen molar-refractivity contribution >= 4 is 18.0 Å². The van der Waals surface area contributed by atoms with Crippen LogP contribution in [0.4, 0.5) is 0 Å². The van der Waals surface area contributed by atoms with Crippen LogP contribution < -0.4 is 9.47 Å². The van der Waals surface area contributed by atoms with Crippen LogP contribution in [0, 0.1) is 11.3 Å². The van der Waals surface area contributed by atoms with Gasteiger partial charge in [0, 0.05) is 6.42 Å². The van der Waals surface area contributed by atoms with Crippen LogP contribution in [-0.2, 0) is 20.7 Å². The molecule has 0 aliphatic carbocycles. The maximum Gasteiger partial charge on any atom is 0.348 e. The molecule has 2 aromatic carbocycles. The minimum atomic E-state index is -0.729. The topological polar surface area (TPSA) is 85.6 Å². The fourth-order valence-electron chi connectivity index (χ4n) is 2.34. The number of nitrogens with zero attached hydrogens (tertiary/aromatic N) is 1. The summed E-state index contributed by atoms with van der Waals surface area (Å²) in [5, 5.41) is 9.02. The predicted octanol–water partition coefficient (Wildman–Crippen LogP) is 3.31. The molecule has 0 spiro atoms. The Morgan fingerprint density at radius 3 is 2.44 bits per heavy atom. The van der Waals surface area contributed by atoms with Crippen molar-refractivity contribution in [2.75, 3.05) is 14.2 Å². The standard InChI is InChI=1S/C21H19NO5/c1-25-19-13-16(12-17(14-22)21(24)26-2)8-10-18(19)27-20(23)11-9-15-6-4-3-5-7-15/h3-8,10,12-13H,9,11H2,1-2H3/b17-12+. The Labute approximate surface area is 157 Å². The average molecular weight is 365 g/mol. The molecule has 6 heteroatoms. The fourth-order valence-corrected chi connectivity index (χ4v) is 2.34. The molecule has 0 unspecified atom stereocenters. The van der Waals surface area contributed by atoms with Crippen molar-refractivity contribution in [2.45, 2.75) is 12.8 Å². The molecular weight excluding hydrogens is 346 g/mol. The lowest BCUT2D eigenvalue weighted by atomic mass is 10.1. The first-order chi connectivity index (χ1) is 13.1. The SMILES string of the molecule is COC(=O)/C(C#N)=C/c1ccc(OC(=O)CCc2ccccc2)c(OC)c1. The summed E-state index contributed by atoms with van der Waals surface area (Å²) in [5.74, 6) is -0.524. The molecule has 0 saturated heterocycles. The Morgan fingerprint density at radius 1 is 1.07 bits per heavy atom. The van der Waals surface area contributed by atoms with Gasteiger partial charge in [-0.2, -0.15) is 5.26 Å². The smallest absolute Gasteiger partial charge is 0.348 e. The first-order valence-electron chi connectivity index (χ1n) is 8.20. The van der Waals surface area contributed by atoms with Gasteiger partial charge in [0.05, 0.1) is 14.2 Å². The van der Waals surface area contributed by atoms with Gasteiger partial charge in [0.1, 0.15) is 11.6 Å². The van der Waals surface area contributed by atoms with E-state index in [1.807, 2.05) is 30.3 Å². The minimum absolute atomic E-state index is 0.146. The number of esters is 2. The molecule has 0 radical (unpaired) electrons. The number of rotatable bonds is 7. The fraction of sp³-hybridized carbons (Fsp3) is 0.190. The predicted molar refractivity (Wildman–Crippen MR) is 99.0 cm³/mol. The molecule has 0 aromatic heterocycles. The van der Waals surface area contributed by atoms with Crippen LogP contribution >= 0.6 is 0 Å². The Hall–Kier alpha value is -3.59. The molecule has 0 heterocycles. The van der Waals surface area contributed by atoms with Gasteiger partial charge in [-0.15, -0.1) is 0 Å². The Morgan fingerprint density at radius 2 is 1.81 bits per heavy atom. The van der Waals surface area contributed by atoms with Gasteiger partial charge in [0.25, 0.3) is 0 Å². The number of nitriles is 1. The van der Waals surface area contributed by atoms with Gasteiger partial charge < -0.3 is 14.2 Å². The first-order valence-corrected chi connectivity index (χ1v) is 8.20. The molecule has 0 saturated carbocycles. The highest BCUT2D eigenvalue weighted by molar-refractivity contribution is 5.97. The summed E-state index contributed by atoms with van der Waals surface area (Å²) in [6, 6.07) is 16.2. The largest absolute Gasteiger partial charge is 0.493 e. The zero-order chi connectivity index (χ0) is 19.6. The van der Waals surface area contributed by atoms with E-state index in [4.69, 9.17) is 14.7 Å². The van der Waals surface area contributed by atoms with E-state index in [1.165, 1.54) is 20.3 Å². The Balaban J connectivity index is 2.09. The zero-order valence-corrected chi connectivity index (χ0v) is 15.1. The molecule has 0 aliphatic heterocycles. The van der Waals surface area contributed by atoms with Gasteiger partial charge >= 0.3 is 11.9 Å². The molecule has 2 aromatic rings. The first kappa shape index (κ1) is 19.7. The van der Waals surface area contributed by atoms with Crippen molar-refractivity contribution in [3.05, 3.63) is 65.2 Å². The summed E-state index contributed by atoms with van der Waals surface area (Å²) < 4.78 is 15.2. The molecule has 138 valence electrons. The molecule has 27 heavy (non-hydrogen) atoms. The third kappa shape index (κ3) is 5.72. The van der Waals surface area contributed by atoms with Crippen LogP contribution in [0.3, 0.4) is 0 Å². The second-order valence-corrected chi connectivity index (χ2v) is 5.53. The summed E-state index contributed by atoms with van der Waals surface area (Å²) in [6.07, 6.45) is 2.18. The maximum atomic E-state index is 12.1. The molecule has 2 rings (SSSR count). The quantitative estimate of drug-likeness (QED) is 0.324. The summed E-state index contributed by atoms with van der Waals surface area (Å²) in [7, 11) is 2.64. The number of carbonyl (C=O) groups excluding carboxylic acids is 2. The normalized spacial score (nSPS) is 10.6. The third-order valence-corrected chi connectivity index (χ3v) is 3.71. The Kier molecular flexibility index (Phi) is 7.15. The van der Waals surface area contributed by atoms with E-state index in [1.54, 1.807) is 24.3 Å². The molecule has 0 N–H and O–H groups in total. The van der Waals surface area contributed by atoms with Gasteiger partial charge in [-0.05, 0) is 35.8 Å². The van der Waals surface area contributed by atoms with E-state index >= 15 is 0 Å². The molecule has 0 aliphatic rings. The van der Waals surface area contributed by atoms with Crippen LogP contribution in [0.15, 0.2) is 54.1 Å². The molecule has 0 atom stereocenters. The second kappa shape index (κ2) is 9.78. The van der Waals surface area contributed by atoms with E-state index < -0.39 is 5.97 Å². The van der Waals surface area contributed by atoms with Crippen molar-refractivity contribution in [2.24, 2.45) is 0 Å². The lowest BCUT2D eigenvalue weighted by Gasteiger charge is -2.10. The van der Waals surface area contributed by atoms with Gasteiger partial charge in [0.15, 0.2) is 11.5 Å². The van der Waals surface area contributed by atoms with Crippen molar-refractivity contribution in [1.82, 2.24) is 0 Å². The van der Waals surface area contributed by atoms with E-state index in [9.17, 15) is 9.59 Å². The lowest BCUT2D eigenvalue weighted by Crippen LogP contribution is -2.10. The minimum Gasteiger partial charge on any atom is -0.493 e. The van der Waals surface area contributed by atoms with Crippen LogP contribution in [0.1, 0.15) is 17.5 Å². The molecule has 6 nitrogen and oxygen atoms in total. The van der Waals surface area contributed by atoms with Crippen molar-refractivity contribution < 1.29 is 23.8 Å². The van der Waals surface area contributed by atoms with Crippen LogP contribution in [-0.4, -0.2) is 26.2 Å². The summed E-state index contributed by atoms with van der Waals surface area (Å²) in [6.45, 7) is 0. The number of benzene rings is 2. The monoisotopic (exact) mass is 365 g/mol. The number of carbonyl (C=O) groups is 2. The summed E-state index contributed by atoms with van der Waals surface area (Å²) >= 11 is 0. The van der Waals surface area contributed by atoms with Crippen LogP contribution in [0.25, 0.3) is 6.08 Å². The number of hydrogen-bond donors (Lipinski definition) is 0. The van der Waals surface area contributed by atoms with Gasteiger partial charge in [-0.3, -0.25) is 4.79 Å². The van der Waals surface area contributed by atoms with Crippen molar-refractivity contribution in [3.63, 3.8) is 0 Å². The van der Waals surface area contributed by atoms with Gasteiger partial charge in [-0.25, -0.2) is 4.79 Å². The number of hydrogen-bond acceptors (Lipinski definition) is 6. The summed E-state index contributed by atoms with van der Waals surface area (Å²) in [5.41, 5.74) is 1.44. The lowest BCUT2D eigenvalue weighted by molar-refractivity contribution is -0.136. The van der Waals surface area contributed by atoms with Gasteiger partial charge in [0.2, 0.25) is 0 Å². The zero-order valence-electron chi connectivity index (χ0n) is 15.1. The molecule has 0 fully saturated rings. The van der Waals surface area contributed by atoms with E-state index in [-0.39, 0.29) is 23.7 Å². The Bertz CT molecular complexity index is 881.